The van der Waals surface area contributed by atoms with Crippen LogP contribution >= 0.6 is 23.2 Å². The number of hydrogen-bond donors (Lipinski definition) is 1. The van der Waals surface area contributed by atoms with Gasteiger partial charge in [0.05, 0.1) is 11.9 Å². The van der Waals surface area contributed by atoms with E-state index in [1.165, 1.54) is 4.31 Å². The van der Waals surface area contributed by atoms with Crippen molar-refractivity contribution in [2.45, 2.75) is 70.5 Å². The SMILES string of the molecule is Cc1ccccc1N(CCCC(=O)N(Cc1c(Cl)cccc1Cl)[C@@H](Cc1ccccc1)C(=O)NC1CCCC1)S(C)(=O)=O. The van der Waals surface area contributed by atoms with Crippen molar-refractivity contribution in [3.63, 3.8) is 0 Å². The molecule has 0 heterocycles. The first kappa shape index (κ1) is 32.8. The lowest BCUT2D eigenvalue weighted by atomic mass is 10.0. The molecular formula is C33H39Cl2N3O4S. The first-order valence-corrected chi connectivity index (χ1v) is 17.2. The predicted octanol–water partition coefficient (Wildman–Crippen LogP) is 6.55. The van der Waals surface area contributed by atoms with E-state index in [-0.39, 0.29) is 43.8 Å². The average Bonchev–Trinajstić information content (AvgIpc) is 3.48. The number of nitrogens with zero attached hydrogens (tertiary/aromatic N) is 2. The van der Waals surface area contributed by atoms with Crippen LogP contribution in [0.5, 0.6) is 0 Å². The van der Waals surface area contributed by atoms with Crippen LogP contribution in [0.15, 0.2) is 72.8 Å². The minimum absolute atomic E-state index is 0.0297. The number of aryl methyl sites for hydroxylation is 1. The maximum absolute atomic E-state index is 14.1. The first-order valence-electron chi connectivity index (χ1n) is 14.6. The number of halogens is 2. The second kappa shape index (κ2) is 15.1. The lowest BCUT2D eigenvalue weighted by Crippen LogP contribution is -2.52. The molecule has 1 fully saturated rings. The molecule has 1 N–H and O–H groups in total. The van der Waals surface area contributed by atoms with Gasteiger partial charge >= 0.3 is 0 Å². The zero-order chi connectivity index (χ0) is 31.0. The summed E-state index contributed by atoms with van der Waals surface area (Å²) in [4.78, 5) is 29.5. The summed E-state index contributed by atoms with van der Waals surface area (Å²) in [6, 6.07) is 21.3. The summed E-state index contributed by atoms with van der Waals surface area (Å²) in [6.45, 7) is 2.01. The topological polar surface area (TPSA) is 86.8 Å². The van der Waals surface area contributed by atoms with E-state index in [9.17, 15) is 18.0 Å². The van der Waals surface area contributed by atoms with E-state index >= 15 is 0 Å². The third-order valence-electron chi connectivity index (χ3n) is 7.90. The van der Waals surface area contributed by atoms with Gasteiger partial charge in [-0.25, -0.2) is 8.42 Å². The van der Waals surface area contributed by atoms with Gasteiger partial charge in [-0.3, -0.25) is 13.9 Å². The molecule has 1 atom stereocenters. The van der Waals surface area contributed by atoms with E-state index in [2.05, 4.69) is 5.32 Å². The third kappa shape index (κ3) is 8.97. The fourth-order valence-electron chi connectivity index (χ4n) is 5.60. The summed E-state index contributed by atoms with van der Waals surface area (Å²) in [6.07, 6.45) is 5.70. The molecule has 2 amide bonds. The predicted molar refractivity (Wildman–Crippen MR) is 174 cm³/mol. The number of carbonyl (C=O) groups is 2. The fourth-order valence-corrected chi connectivity index (χ4v) is 7.14. The van der Waals surface area contributed by atoms with E-state index in [1.54, 1.807) is 35.2 Å². The Hall–Kier alpha value is -3.07. The Kier molecular flexibility index (Phi) is 11.5. The minimum atomic E-state index is -3.59. The number of hydrogen-bond acceptors (Lipinski definition) is 4. The molecule has 10 heteroatoms. The van der Waals surface area contributed by atoms with Crippen LogP contribution in [0.2, 0.25) is 10.0 Å². The van der Waals surface area contributed by atoms with Gasteiger partial charge < -0.3 is 10.2 Å². The summed E-state index contributed by atoms with van der Waals surface area (Å²) < 4.78 is 26.8. The molecule has 1 aliphatic carbocycles. The van der Waals surface area contributed by atoms with Gasteiger partial charge in [0, 0.05) is 47.6 Å². The van der Waals surface area contributed by atoms with Crippen molar-refractivity contribution in [3.8, 4) is 0 Å². The molecule has 3 aromatic rings. The molecule has 0 radical (unpaired) electrons. The van der Waals surface area contributed by atoms with Crippen LogP contribution in [0.1, 0.15) is 55.2 Å². The number of nitrogens with one attached hydrogen (secondary N) is 1. The number of benzene rings is 3. The molecule has 0 aromatic heterocycles. The second-order valence-electron chi connectivity index (χ2n) is 11.1. The Morgan fingerprint density at radius 1 is 0.930 bits per heavy atom. The summed E-state index contributed by atoms with van der Waals surface area (Å²) >= 11 is 13.1. The maximum atomic E-state index is 14.1. The molecular weight excluding hydrogens is 605 g/mol. The second-order valence-corrected chi connectivity index (χ2v) is 13.9. The number of sulfonamides is 1. The number of anilines is 1. The fraction of sp³-hybridized carbons (Fsp3) is 0.394. The normalized spacial score (nSPS) is 14.3. The van der Waals surface area contributed by atoms with Gasteiger partial charge in [-0.15, -0.1) is 0 Å². The molecule has 0 spiro atoms. The lowest BCUT2D eigenvalue weighted by Gasteiger charge is -2.33. The Morgan fingerprint density at radius 2 is 1.56 bits per heavy atom. The van der Waals surface area contributed by atoms with E-state index in [4.69, 9.17) is 23.2 Å². The van der Waals surface area contributed by atoms with Gasteiger partial charge in [0.2, 0.25) is 21.8 Å². The van der Waals surface area contributed by atoms with Crippen molar-refractivity contribution in [3.05, 3.63) is 99.5 Å². The Labute approximate surface area is 265 Å². The summed E-state index contributed by atoms with van der Waals surface area (Å²) in [5.41, 5.74) is 2.87. The van der Waals surface area contributed by atoms with Crippen molar-refractivity contribution >= 4 is 50.7 Å². The molecule has 0 unspecified atom stereocenters. The van der Waals surface area contributed by atoms with Gasteiger partial charge in [0.15, 0.2) is 0 Å². The molecule has 43 heavy (non-hydrogen) atoms. The molecule has 1 saturated carbocycles. The molecule has 3 aromatic carbocycles. The Balaban J connectivity index is 1.63. The highest BCUT2D eigenvalue weighted by Gasteiger charge is 2.33. The van der Waals surface area contributed by atoms with Crippen molar-refractivity contribution < 1.29 is 18.0 Å². The van der Waals surface area contributed by atoms with Gasteiger partial charge in [-0.1, -0.05) is 90.6 Å². The van der Waals surface area contributed by atoms with Crippen LogP contribution in [0.25, 0.3) is 0 Å². The highest BCUT2D eigenvalue weighted by Crippen LogP contribution is 2.29. The van der Waals surface area contributed by atoms with Crippen molar-refractivity contribution in [1.82, 2.24) is 10.2 Å². The first-order chi connectivity index (χ1) is 20.5. The molecule has 1 aliphatic rings. The number of para-hydroxylation sites is 1. The number of rotatable bonds is 13. The van der Waals surface area contributed by atoms with E-state index in [0.29, 0.717) is 27.7 Å². The van der Waals surface area contributed by atoms with Crippen molar-refractivity contribution in [2.24, 2.45) is 0 Å². The van der Waals surface area contributed by atoms with Crippen molar-refractivity contribution in [1.29, 1.82) is 0 Å². The van der Waals surface area contributed by atoms with Crippen LogP contribution in [0, 0.1) is 6.92 Å². The monoisotopic (exact) mass is 643 g/mol. The highest BCUT2D eigenvalue weighted by molar-refractivity contribution is 7.92. The quantitative estimate of drug-likeness (QED) is 0.229. The van der Waals surface area contributed by atoms with E-state index < -0.39 is 16.1 Å². The Morgan fingerprint density at radius 3 is 2.19 bits per heavy atom. The van der Waals surface area contributed by atoms with Gasteiger partial charge in [-0.2, -0.15) is 0 Å². The third-order valence-corrected chi connectivity index (χ3v) is 9.79. The summed E-state index contributed by atoms with van der Waals surface area (Å²) in [7, 11) is -3.59. The molecule has 4 rings (SSSR count). The highest BCUT2D eigenvalue weighted by atomic mass is 35.5. The smallest absolute Gasteiger partial charge is 0.243 e. The van der Waals surface area contributed by atoms with Crippen LogP contribution in [0.4, 0.5) is 5.69 Å². The largest absolute Gasteiger partial charge is 0.352 e. The maximum Gasteiger partial charge on any atom is 0.243 e. The number of carbonyl (C=O) groups excluding carboxylic acids is 2. The lowest BCUT2D eigenvalue weighted by molar-refractivity contribution is -0.141. The van der Waals surface area contributed by atoms with Gasteiger partial charge in [-0.05, 0) is 55.5 Å². The van der Waals surface area contributed by atoms with Crippen LogP contribution in [0.3, 0.4) is 0 Å². The summed E-state index contributed by atoms with van der Waals surface area (Å²) in [5.74, 6) is -0.498. The molecule has 0 saturated heterocycles. The zero-order valence-corrected chi connectivity index (χ0v) is 27.0. The average molecular weight is 645 g/mol. The minimum Gasteiger partial charge on any atom is -0.352 e. The molecule has 0 aliphatic heterocycles. The van der Waals surface area contributed by atoms with Crippen LogP contribution in [-0.4, -0.2) is 50.0 Å². The molecule has 7 nitrogen and oxygen atoms in total. The van der Waals surface area contributed by atoms with E-state index in [0.717, 1.165) is 43.1 Å². The van der Waals surface area contributed by atoms with Crippen molar-refractivity contribution in [2.75, 3.05) is 17.1 Å². The standard InChI is InChI=1S/C33H39Cl2N3O4S/c1-24-12-6-9-19-30(24)38(43(2,41)42)21-11-20-32(39)37(23-27-28(34)17-10-18-29(27)35)31(22-25-13-4-3-5-14-25)33(40)36-26-15-7-8-16-26/h3-6,9-10,12-14,17-19,26,31H,7-8,11,15-16,20-23H2,1-2H3,(H,36,40)/t31-/m0/s1. The Bertz CT molecular complexity index is 1490. The van der Waals surface area contributed by atoms with Crippen LogP contribution in [-0.2, 0) is 32.6 Å². The van der Waals surface area contributed by atoms with Gasteiger partial charge in [0.25, 0.3) is 0 Å². The number of amides is 2. The molecule has 230 valence electrons. The molecule has 0 bridgehead atoms. The van der Waals surface area contributed by atoms with E-state index in [1.807, 2.05) is 49.4 Å². The van der Waals surface area contributed by atoms with Crippen LogP contribution < -0.4 is 9.62 Å². The summed E-state index contributed by atoms with van der Waals surface area (Å²) in [5, 5.41) is 4.00. The van der Waals surface area contributed by atoms with Gasteiger partial charge in [0.1, 0.15) is 6.04 Å². The zero-order valence-electron chi connectivity index (χ0n) is 24.6.